The Labute approximate surface area is 116 Å². The fourth-order valence-electron chi connectivity index (χ4n) is 1.89. The van der Waals surface area contributed by atoms with Crippen LogP contribution in [0.5, 0.6) is 5.88 Å². The summed E-state index contributed by atoms with van der Waals surface area (Å²) in [6.45, 7) is -2.90. The van der Waals surface area contributed by atoms with Gasteiger partial charge in [0.1, 0.15) is 0 Å². The molecule has 0 amide bonds. The van der Waals surface area contributed by atoms with E-state index in [1.807, 2.05) is 18.2 Å². The maximum Gasteiger partial charge on any atom is 0.388 e. The van der Waals surface area contributed by atoms with Gasteiger partial charge in [0.2, 0.25) is 5.88 Å². The van der Waals surface area contributed by atoms with Crippen LogP contribution < -0.4 is 10.5 Å². The molecule has 20 heavy (non-hydrogen) atoms. The lowest BCUT2D eigenvalue weighted by atomic mass is 10.1. The molecule has 0 fully saturated rings. The number of thiazole rings is 1. The maximum absolute atomic E-state index is 12.2. The lowest BCUT2D eigenvalue weighted by Crippen LogP contribution is -2.03. The Balaban J connectivity index is 2.10. The summed E-state index contributed by atoms with van der Waals surface area (Å²) in [4.78, 5) is 8.27. The number of nitrogens with zero attached hydrogens (tertiary/aromatic N) is 2. The summed E-state index contributed by atoms with van der Waals surface area (Å²) in [6.07, 6.45) is 0. The van der Waals surface area contributed by atoms with E-state index in [1.54, 1.807) is 12.1 Å². The molecule has 3 rings (SSSR count). The third-order valence-electron chi connectivity index (χ3n) is 2.64. The molecule has 0 aliphatic carbocycles. The number of halogens is 2. The summed E-state index contributed by atoms with van der Waals surface area (Å²) in [5.41, 5.74) is 7.78. The van der Waals surface area contributed by atoms with Gasteiger partial charge in [-0.15, -0.1) is 0 Å². The molecule has 102 valence electrons. The number of benzene rings is 1. The van der Waals surface area contributed by atoms with Crippen LogP contribution in [0.15, 0.2) is 36.4 Å². The molecule has 0 atom stereocenters. The van der Waals surface area contributed by atoms with E-state index in [0.717, 1.165) is 15.8 Å². The maximum atomic E-state index is 12.2. The van der Waals surface area contributed by atoms with E-state index in [1.165, 1.54) is 17.4 Å². The summed E-state index contributed by atoms with van der Waals surface area (Å²) < 4.78 is 29.6. The number of nitrogen functional groups attached to an aromatic ring is 1. The standard InChI is InChI=1S/C13H9F2N3OS/c14-12(15)19-10-6-2-4-8(17-10)7-3-1-5-9-11(7)20-13(16)18-9/h1-6,12H,(H2,16,18). The van der Waals surface area contributed by atoms with Crippen LogP contribution in [0.3, 0.4) is 0 Å². The van der Waals surface area contributed by atoms with Crippen molar-refractivity contribution in [1.82, 2.24) is 9.97 Å². The van der Waals surface area contributed by atoms with Crippen LogP contribution in [0.1, 0.15) is 0 Å². The highest BCUT2D eigenvalue weighted by Crippen LogP contribution is 2.33. The van der Waals surface area contributed by atoms with Crippen molar-refractivity contribution in [2.24, 2.45) is 0 Å². The van der Waals surface area contributed by atoms with Crippen LogP contribution in [-0.2, 0) is 0 Å². The smallest absolute Gasteiger partial charge is 0.388 e. The van der Waals surface area contributed by atoms with Crippen molar-refractivity contribution in [3.05, 3.63) is 36.4 Å². The van der Waals surface area contributed by atoms with E-state index in [-0.39, 0.29) is 5.88 Å². The summed E-state index contributed by atoms with van der Waals surface area (Å²) in [6, 6.07) is 10.2. The van der Waals surface area contributed by atoms with Crippen molar-refractivity contribution in [3.8, 4) is 17.1 Å². The van der Waals surface area contributed by atoms with E-state index in [9.17, 15) is 8.78 Å². The Bertz CT molecular complexity index is 760. The van der Waals surface area contributed by atoms with Crippen LogP contribution >= 0.6 is 11.3 Å². The molecule has 2 heterocycles. The molecule has 0 saturated carbocycles. The highest BCUT2D eigenvalue weighted by molar-refractivity contribution is 7.22. The van der Waals surface area contributed by atoms with E-state index in [4.69, 9.17) is 5.73 Å². The Kier molecular flexibility index (Phi) is 3.19. The third-order valence-corrected chi connectivity index (χ3v) is 3.57. The summed E-state index contributed by atoms with van der Waals surface area (Å²) in [7, 11) is 0. The lowest BCUT2D eigenvalue weighted by molar-refractivity contribution is -0.0527. The zero-order valence-electron chi connectivity index (χ0n) is 10.1. The molecule has 7 heteroatoms. The molecule has 0 unspecified atom stereocenters. The van der Waals surface area contributed by atoms with Gasteiger partial charge in [-0.1, -0.05) is 29.5 Å². The summed E-state index contributed by atoms with van der Waals surface area (Å²) in [5, 5.41) is 0.451. The largest absolute Gasteiger partial charge is 0.417 e. The van der Waals surface area contributed by atoms with Crippen molar-refractivity contribution in [2.45, 2.75) is 6.61 Å². The first kappa shape index (κ1) is 12.7. The molecular formula is C13H9F2N3OS. The molecular weight excluding hydrogens is 284 g/mol. The van der Waals surface area contributed by atoms with Gasteiger partial charge < -0.3 is 10.5 Å². The van der Waals surface area contributed by atoms with Gasteiger partial charge >= 0.3 is 6.61 Å². The molecule has 0 spiro atoms. The Hall–Kier alpha value is -2.28. The second-order valence-corrected chi connectivity index (χ2v) is 4.98. The van der Waals surface area contributed by atoms with Gasteiger partial charge in [0.05, 0.1) is 15.9 Å². The van der Waals surface area contributed by atoms with Crippen molar-refractivity contribution in [2.75, 3.05) is 5.73 Å². The first-order valence-corrected chi connectivity index (χ1v) is 6.52. The number of aromatic nitrogens is 2. The highest BCUT2D eigenvalue weighted by Gasteiger charge is 2.11. The molecule has 1 aromatic carbocycles. The molecule has 0 radical (unpaired) electrons. The van der Waals surface area contributed by atoms with Crippen LogP contribution in [-0.4, -0.2) is 16.6 Å². The minimum atomic E-state index is -2.90. The van der Waals surface area contributed by atoms with Gasteiger partial charge in [-0.05, 0) is 12.1 Å². The van der Waals surface area contributed by atoms with Gasteiger partial charge in [-0.25, -0.2) is 9.97 Å². The predicted octanol–water partition coefficient (Wildman–Crippen LogP) is 3.54. The number of fused-ring (bicyclic) bond motifs is 1. The lowest BCUT2D eigenvalue weighted by Gasteiger charge is -2.06. The number of rotatable bonds is 3. The Morgan fingerprint density at radius 1 is 1.10 bits per heavy atom. The molecule has 0 saturated heterocycles. The molecule has 0 aliphatic rings. The quantitative estimate of drug-likeness (QED) is 0.802. The van der Waals surface area contributed by atoms with Crippen molar-refractivity contribution in [3.63, 3.8) is 0 Å². The minimum Gasteiger partial charge on any atom is -0.417 e. The highest BCUT2D eigenvalue weighted by atomic mass is 32.1. The number of ether oxygens (including phenoxy) is 1. The zero-order chi connectivity index (χ0) is 14.1. The molecule has 4 nitrogen and oxygen atoms in total. The first-order valence-electron chi connectivity index (χ1n) is 5.71. The summed E-state index contributed by atoms with van der Waals surface area (Å²) in [5.74, 6) is -0.119. The van der Waals surface area contributed by atoms with Gasteiger partial charge in [0, 0.05) is 11.6 Å². The van der Waals surface area contributed by atoms with E-state index >= 15 is 0 Å². The predicted molar refractivity (Wildman–Crippen MR) is 73.9 cm³/mol. The number of hydrogen-bond acceptors (Lipinski definition) is 5. The fourth-order valence-corrected chi connectivity index (χ4v) is 2.74. The number of nitrogens with two attached hydrogens (primary N) is 1. The zero-order valence-corrected chi connectivity index (χ0v) is 10.9. The Morgan fingerprint density at radius 3 is 2.70 bits per heavy atom. The van der Waals surface area contributed by atoms with Crippen molar-refractivity contribution < 1.29 is 13.5 Å². The molecule has 2 aromatic heterocycles. The first-order chi connectivity index (χ1) is 9.63. The Morgan fingerprint density at radius 2 is 1.90 bits per heavy atom. The van der Waals surface area contributed by atoms with Crippen molar-refractivity contribution in [1.29, 1.82) is 0 Å². The monoisotopic (exact) mass is 293 g/mol. The number of pyridine rings is 1. The third kappa shape index (κ3) is 2.39. The molecule has 0 bridgehead atoms. The van der Waals surface area contributed by atoms with Crippen molar-refractivity contribution >= 4 is 26.7 Å². The minimum absolute atomic E-state index is 0.119. The van der Waals surface area contributed by atoms with Gasteiger partial charge in [0.25, 0.3) is 0 Å². The SMILES string of the molecule is Nc1nc2cccc(-c3cccc(OC(F)F)n3)c2s1. The molecule has 0 aliphatic heterocycles. The van der Waals surface area contributed by atoms with Gasteiger partial charge in [-0.3, -0.25) is 0 Å². The van der Waals surface area contributed by atoms with Crippen LogP contribution in [0.4, 0.5) is 13.9 Å². The number of alkyl halides is 2. The normalized spacial score (nSPS) is 11.2. The number of hydrogen-bond donors (Lipinski definition) is 1. The number of anilines is 1. The second kappa shape index (κ2) is 5.01. The van der Waals surface area contributed by atoms with E-state index in [0.29, 0.717) is 10.8 Å². The van der Waals surface area contributed by atoms with E-state index < -0.39 is 6.61 Å². The molecule has 3 aromatic rings. The summed E-state index contributed by atoms with van der Waals surface area (Å²) >= 11 is 1.33. The van der Waals surface area contributed by atoms with Gasteiger partial charge in [-0.2, -0.15) is 8.78 Å². The van der Waals surface area contributed by atoms with Crippen LogP contribution in [0.2, 0.25) is 0 Å². The van der Waals surface area contributed by atoms with Crippen LogP contribution in [0.25, 0.3) is 21.5 Å². The van der Waals surface area contributed by atoms with E-state index in [2.05, 4.69) is 14.7 Å². The molecule has 2 N–H and O–H groups in total. The fraction of sp³-hybridized carbons (Fsp3) is 0.0769. The van der Waals surface area contributed by atoms with Gasteiger partial charge in [0.15, 0.2) is 5.13 Å². The second-order valence-electron chi connectivity index (χ2n) is 3.95. The average Bonchev–Trinajstić information content (AvgIpc) is 2.78. The topological polar surface area (TPSA) is 61.0 Å². The average molecular weight is 293 g/mol. The van der Waals surface area contributed by atoms with Crippen LogP contribution in [0, 0.1) is 0 Å².